The van der Waals surface area contributed by atoms with Crippen LogP contribution in [0, 0.1) is 0 Å². The van der Waals surface area contributed by atoms with Gasteiger partial charge in [-0.15, -0.1) is 0 Å². The van der Waals surface area contributed by atoms with Crippen LogP contribution in [-0.4, -0.2) is 20.4 Å². The molecule has 1 fully saturated rings. The highest BCUT2D eigenvalue weighted by Crippen LogP contribution is 2.32. The Labute approximate surface area is 208 Å². The van der Waals surface area contributed by atoms with E-state index in [1.165, 1.54) is 17.0 Å². The van der Waals surface area contributed by atoms with Gasteiger partial charge in [0.25, 0.3) is 5.56 Å². The fourth-order valence-electron chi connectivity index (χ4n) is 4.59. The zero-order chi connectivity index (χ0) is 24.6. The van der Waals surface area contributed by atoms with Crippen molar-refractivity contribution in [3.8, 4) is 5.69 Å². The lowest BCUT2D eigenvalue weighted by atomic mass is 9.88. The summed E-state index contributed by atoms with van der Waals surface area (Å²) in [5.41, 5.74) is 0.515. The molecule has 0 bridgehead atoms. The molecule has 180 valence electrons. The Bertz CT molecular complexity index is 1470. The first-order chi connectivity index (χ1) is 16.8. The van der Waals surface area contributed by atoms with Gasteiger partial charge in [0, 0.05) is 22.3 Å². The number of hydrogen-bond donors (Lipinski definition) is 0. The van der Waals surface area contributed by atoms with Crippen molar-refractivity contribution in [2.75, 3.05) is 0 Å². The molecule has 2 heterocycles. The summed E-state index contributed by atoms with van der Waals surface area (Å²) in [6.45, 7) is 0. The summed E-state index contributed by atoms with van der Waals surface area (Å²) < 4.78 is 43.4. The van der Waals surface area contributed by atoms with Crippen LogP contribution < -0.4 is 5.56 Å². The predicted molar refractivity (Wildman–Crippen MR) is 133 cm³/mol. The minimum absolute atomic E-state index is 0.122. The van der Waals surface area contributed by atoms with Gasteiger partial charge in [-0.2, -0.15) is 22.9 Å². The van der Waals surface area contributed by atoms with Gasteiger partial charge >= 0.3 is 6.18 Å². The normalized spacial score (nSPS) is 15.3. The number of halogens is 4. The van der Waals surface area contributed by atoms with E-state index in [-0.39, 0.29) is 11.5 Å². The Morgan fingerprint density at radius 3 is 2.60 bits per heavy atom. The van der Waals surface area contributed by atoms with Gasteiger partial charge in [-0.25, -0.2) is 4.98 Å². The topological polar surface area (TPSA) is 52.2 Å². The number of nitrogens with zero attached hydrogens (tertiary/aromatic N) is 4. The molecule has 1 aliphatic rings. The van der Waals surface area contributed by atoms with Crippen LogP contribution in [0.15, 0.2) is 75.2 Å². The molecule has 9 heteroatoms. The summed E-state index contributed by atoms with van der Waals surface area (Å²) in [4.78, 5) is 18.3. The zero-order valence-electron chi connectivity index (χ0n) is 18.7. The largest absolute Gasteiger partial charge is 0.416 e. The number of alkyl halides is 3. The van der Waals surface area contributed by atoms with E-state index in [1.54, 1.807) is 35.0 Å². The molecule has 0 atom stereocenters. The van der Waals surface area contributed by atoms with E-state index in [2.05, 4.69) is 21.0 Å². The third-order valence-corrected chi connectivity index (χ3v) is 6.83. The number of benzene rings is 2. The van der Waals surface area contributed by atoms with Crippen LogP contribution in [0.25, 0.3) is 16.6 Å². The zero-order valence-corrected chi connectivity index (χ0v) is 20.3. The smallest absolute Gasteiger partial charge is 0.316 e. The summed E-state index contributed by atoms with van der Waals surface area (Å²) in [5.74, 6) is 0.745. The number of rotatable bonds is 4. The maximum Gasteiger partial charge on any atom is 0.416 e. The molecule has 1 saturated carbocycles. The Morgan fingerprint density at radius 2 is 1.83 bits per heavy atom. The van der Waals surface area contributed by atoms with Crippen LogP contribution in [0.3, 0.4) is 0 Å². The molecule has 0 saturated heterocycles. The summed E-state index contributed by atoms with van der Waals surface area (Å²) in [7, 11) is 0. The first-order valence-electron chi connectivity index (χ1n) is 11.4. The highest BCUT2D eigenvalue weighted by molar-refractivity contribution is 9.10. The summed E-state index contributed by atoms with van der Waals surface area (Å²) in [6, 6.07) is 14.0. The van der Waals surface area contributed by atoms with Gasteiger partial charge in [-0.05, 0) is 61.4 Å². The minimum atomic E-state index is -4.44. The van der Waals surface area contributed by atoms with E-state index in [9.17, 15) is 18.0 Å². The Morgan fingerprint density at radius 1 is 1.03 bits per heavy atom. The van der Waals surface area contributed by atoms with Crippen molar-refractivity contribution < 1.29 is 13.2 Å². The molecule has 0 unspecified atom stereocenters. The highest BCUT2D eigenvalue weighted by atomic mass is 79.9. The van der Waals surface area contributed by atoms with Crippen LogP contribution in [0.1, 0.15) is 55.1 Å². The molecule has 35 heavy (non-hydrogen) atoms. The molecule has 5 nitrogen and oxygen atoms in total. The Balaban J connectivity index is 1.60. The summed E-state index contributed by atoms with van der Waals surface area (Å²) in [5, 5.41) is 4.97. The van der Waals surface area contributed by atoms with E-state index in [0.717, 1.165) is 48.7 Å². The summed E-state index contributed by atoms with van der Waals surface area (Å²) >= 11 is 3.41. The molecule has 2 aromatic heterocycles. The van der Waals surface area contributed by atoms with Crippen molar-refractivity contribution in [2.45, 2.75) is 44.2 Å². The predicted octanol–water partition coefficient (Wildman–Crippen LogP) is 6.90. The maximum atomic E-state index is 13.5. The highest BCUT2D eigenvalue weighted by Gasteiger charge is 2.30. The van der Waals surface area contributed by atoms with Gasteiger partial charge < -0.3 is 4.57 Å². The van der Waals surface area contributed by atoms with Gasteiger partial charge in [0.2, 0.25) is 0 Å². The van der Waals surface area contributed by atoms with E-state index >= 15 is 0 Å². The third-order valence-electron chi connectivity index (χ3n) is 6.34. The van der Waals surface area contributed by atoms with E-state index in [4.69, 9.17) is 4.98 Å². The first-order valence-corrected chi connectivity index (χ1v) is 12.2. The Hall–Kier alpha value is -3.20. The van der Waals surface area contributed by atoms with Crippen LogP contribution in [-0.2, 0) is 6.18 Å². The maximum absolute atomic E-state index is 13.5. The molecule has 4 aromatic rings. The first kappa shape index (κ1) is 23.5. The molecule has 0 radical (unpaired) electrons. The van der Waals surface area contributed by atoms with Crippen LogP contribution in [0.2, 0.25) is 0 Å². The Kier molecular flexibility index (Phi) is 6.35. The lowest BCUT2D eigenvalue weighted by Gasteiger charge is -2.22. The van der Waals surface area contributed by atoms with Crippen molar-refractivity contribution in [1.29, 1.82) is 0 Å². The second-order valence-corrected chi connectivity index (χ2v) is 9.59. The van der Waals surface area contributed by atoms with Gasteiger partial charge in [0.1, 0.15) is 5.82 Å². The molecule has 0 spiro atoms. The van der Waals surface area contributed by atoms with Crippen molar-refractivity contribution >= 4 is 33.0 Å². The second kappa shape index (κ2) is 9.45. The SMILES string of the molecule is O=c1c2cc(Br)ccc2nc(C2CCCCC2)n1N=Cc1cccn1-c1cccc(C(F)(F)F)c1. The number of hydrogen-bond acceptors (Lipinski definition) is 3. The molecule has 0 amide bonds. The quantitative estimate of drug-likeness (QED) is 0.263. The van der Waals surface area contributed by atoms with Gasteiger partial charge in [-0.3, -0.25) is 4.79 Å². The minimum Gasteiger partial charge on any atom is -0.316 e. The molecule has 2 aromatic carbocycles. The summed E-state index contributed by atoms with van der Waals surface area (Å²) in [6.07, 6.45) is 3.90. The average molecular weight is 543 g/mol. The van der Waals surface area contributed by atoms with Gasteiger partial charge in [0.05, 0.1) is 28.4 Å². The molecule has 0 N–H and O–H groups in total. The third kappa shape index (κ3) is 4.82. The lowest BCUT2D eigenvalue weighted by molar-refractivity contribution is -0.137. The van der Waals surface area contributed by atoms with E-state index in [1.807, 2.05) is 12.1 Å². The van der Waals surface area contributed by atoms with Crippen LogP contribution in [0.4, 0.5) is 13.2 Å². The molecule has 0 aliphatic heterocycles. The van der Waals surface area contributed by atoms with Crippen molar-refractivity contribution in [1.82, 2.24) is 14.2 Å². The standard InChI is InChI=1S/C26H22BrF3N4O/c27-19-11-12-23-22(15-19)25(35)34(24(32-23)17-6-2-1-3-7-17)31-16-21-10-5-13-33(21)20-9-4-8-18(14-20)26(28,29)30/h4-5,8-17H,1-3,6-7H2. The van der Waals surface area contributed by atoms with Gasteiger partial charge in [0.15, 0.2) is 0 Å². The fraction of sp³-hybridized carbons (Fsp3) is 0.269. The van der Waals surface area contributed by atoms with Crippen molar-refractivity contribution in [3.63, 3.8) is 0 Å². The van der Waals surface area contributed by atoms with Crippen LogP contribution >= 0.6 is 15.9 Å². The van der Waals surface area contributed by atoms with Crippen molar-refractivity contribution in [2.24, 2.45) is 5.10 Å². The fourth-order valence-corrected chi connectivity index (χ4v) is 4.95. The van der Waals surface area contributed by atoms with Crippen LogP contribution in [0.5, 0.6) is 0 Å². The monoisotopic (exact) mass is 542 g/mol. The number of aromatic nitrogens is 3. The molecule has 5 rings (SSSR count). The van der Waals surface area contributed by atoms with E-state index in [0.29, 0.717) is 28.1 Å². The molecular formula is C26H22BrF3N4O. The molecule has 1 aliphatic carbocycles. The second-order valence-electron chi connectivity index (χ2n) is 8.68. The van der Waals surface area contributed by atoms with Gasteiger partial charge in [-0.1, -0.05) is 41.3 Å². The molecular weight excluding hydrogens is 521 g/mol. The number of fused-ring (bicyclic) bond motifs is 1. The average Bonchev–Trinajstić information content (AvgIpc) is 3.32. The lowest BCUT2D eigenvalue weighted by Crippen LogP contribution is -2.25. The van der Waals surface area contributed by atoms with Crippen molar-refractivity contribution in [3.05, 3.63) is 92.7 Å². The van der Waals surface area contributed by atoms with E-state index < -0.39 is 11.7 Å².